The average molecular weight is 437 g/mol. The van der Waals surface area contributed by atoms with Crippen LogP contribution < -0.4 is 22.0 Å². The van der Waals surface area contributed by atoms with E-state index in [2.05, 4.69) is 19.8 Å². The Morgan fingerprint density at radius 2 is 1.93 bits per heavy atom. The van der Waals surface area contributed by atoms with Gasteiger partial charge < -0.3 is 22.0 Å². The third-order valence-corrected chi connectivity index (χ3v) is 4.47. The lowest BCUT2D eigenvalue weighted by Crippen LogP contribution is -3.00. The highest BCUT2D eigenvalue weighted by atomic mass is 35.5. The van der Waals surface area contributed by atoms with Gasteiger partial charge in [0.05, 0.1) is 10.5 Å². The Labute approximate surface area is 169 Å². The first-order valence-corrected chi connectivity index (χ1v) is 8.50. The molecule has 2 aromatic rings. The first-order valence-electron chi connectivity index (χ1n) is 8.50. The molecule has 2 heterocycles. The molecule has 0 amide bonds. The van der Waals surface area contributed by atoms with E-state index in [0.717, 1.165) is 6.07 Å². The van der Waals surface area contributed by atoms with Crippen molar-refractivity contribution in [3.8, 4) is 5.88 Å². The van der Waals surface area contributed by atoms with E-state index in [9.17, 15) is 23.3 Å². The summed E-state index contributed by atoms with van der Waals surface area (Å²) >= 11 is 0. The lowest BCUT2D eigenvalue weighted by molar-refractivity contribution is -0.384. The van der Waals surface area contributed by atoms with Crippen LogP contribution in [0.1, 0.15) is 11.3 Å². The van der Waals surface area contributed by atoms with E-state index in [0.29, 0.717) is 57.0 Å². The molecule has 0 unspecified atom stereocenters. The number of alkyl halides is 3. The quantitative estimate of drug-likeness (QED) is 0.442. The zero-order chi connectivity index (χ0) is 20.3. The Kier molecular flexibility index (Phi) is 7.25. The van der Waals surface area contributed by atoms with Gasteiger partial charge in [-0.05, 0) is 24.2 Å². The SMILES string of the molecule is Cc1nonc1OCCN1CCN(c2ccc(C(F)(F)F)cc2[N+](=O)[O-])CC1.[Cl-]. The molecule has 1 saturated heterocycles. The van der Waals surface area contributed by atoms with Crippen molar-refractivity contribution in [1.29, 1.82) is 0 Å². The minimum atomic E-state index is -4.63. The van der Waals surface area contributed by atoms with Gasteiger partial charge >= 0.3 is 6.18 Å². The maximum atomic E-state index is 12.8. The molecule has 160 valence electrons. The normalized spacial score (nSPS) is 15.1. The third kappa shape index (κ3) is 5.48. The highest BCUT2D eigenvalue weighted by Crippen LogP contribution is 2.36. The molecule has 0 atom stereocenters. The van der Waals surface area contributed by atoms with Gasteiger partial charge in [-0.2, -0.15) is 13.2 Å². The number of ether oxygens (including phenoxy) is 1. The number of aromatic nitrogens is 2. The maximum Gasteiger partial charge on any atom is 0.416 e. The van der Waals surface area contributed by atoms with E-state index >= 15 is 0 Å². The maximum absolute atomic E-state index is 12.8. The number of rotatable bonds is 6. The first kappa shape index (κ1) is 22.7. The molecule has 1 fully saturated rings. The number of benzene rings is 1. The molecule has 0 bridgehead atoms. The monoisotopic (exact) mass is 436 g/mol. The van der Waals surface area contributed by atoms with Crippen LogP contribution in [0.25, 0.3) is 0 Å². The van der Waals surface area contributed by atoms with Crippen LogP contribution in [0.2, 0.25) is 0 Å². The van der Waals surface area contributed by atoms with E-state index < -0.39 is 22.4 Å². The number of aryl methyl sites for hydroxylation is 1. The van der Waals surface area contributed by atoms with Crippen molar-refractivity contribution < 1.29 is 39.9 Å². The Bertz CT molecular complexity index is 840. The Morgan fingerprint density at radius 3 is 2.48 bits per heavy atom. The van der Waals surface area contributed by atoms with Gasteiger partial charge in [0, 0.05) is 38.8 Å². The van der Waals surface area contributed by atoms with Crippen LogP contribution >= 0.6 is 0 Å². The number of halogens is 4. The van der Waals surface area contributed by atoms with Crippen LogP contribution in [0.5, 0.6) is 5.88 Å². The molecule has 0 spiro atoms. The molecule has 0 N–H and O–H groups in total. The van der Waals surface area contributed by atoms with Crippen LogP contribution in [0, 0.1) is 17.0 Å². The summed E-state index contributed by atoms with van der Waals surface area (Å²) in [6.07, 6.45) is -4.63. The molecule has 0 saturated carbocycles. The smallest absolute Gasteiger partial charge is 0.416 e. The number of nitrogens with zero attached hydrogens (tertiary/aromatic N) is 5. The van der Waals surface area contributed by atoms with Gasteiger partial charge in [-0.15, -0.1) is 0 Å². The van der Waals surface area contributed by atoms with Gasteiger partial charge in [-0.3, -0.25) is 15.0 Å². The fourth-order valence-corrected chi connectivity index (χ4v) is 2.95. The zero-order valence-corrected chi connectivity index (χ0v) is 16.1. The summed E-state index contributed by atoms with van der Waals surface area (Å²) in [5, 5.41) is 18.5. The van der Waals surface area contributed by atoms with Gasteiger partial charge in [0.25, 0.3) is 11.6 Å². The first-order chi connectivity index (χ1) is 13.3. The van der Waals surface area contributed by atoms with Gasteiger partial charge in [0.1, 0.15) is 18.0 Å². The molecule has 9 nitrogen and oxygen atoms in total. The molecule has 1 aromatic heterocycles. The molecule has 0 radical (unpaired) electrons. The van der Waals surface area contributed by atoms with Crippen molar-refractivity contribution in [2.24, 2.45) is 0 Å². The summed E-state index contributed by atoms with van der Waals surface area (Å²) in [6.45, 7) is 4.79. The molecule has 1 aliphatic rings. The number of hydrogen-bond acceptors (Lipinski definition) is 8. The predicted molar refractivity (Wildman–Crippen MR) is 91.3 cm³/mol. The Balaban J connectivity index is 0.00000300. The molecule has 1 aromatic carbocycles. The molecule has 3 rings (SSSR count). The van der Waals surface area contributed by atoms with E-state index in [1.54, 1.807) is 11.8 Å². The summed E-state index contributed by atoms with van der Waals surface area (Å²) in [6, 6.07) is 2.63. The molecule has 0 aliphatic carbocycles. The van der Waals surface area contributed by atoms with Gasteiger partial charge in [0.15, 0.2) is 0 Å². The van der Waals surface area contributed by atoms with Crippen LogP contribution in [-0.4, -0.2) is 59.5 Å². The van der Waals surface area contributed by atoms with Crippen molar-refractivity contribution in [1.82, 2.24) is 15.2 Å². The van der Waals surface area contributed by atoms with Gasteiger partial charge in [0.2, 0.25) is 0 Å². The lowest BCUT2D eigenvalue weighted by atomic mass is 10.1. The molecule has 1 aliphatic heterocycles. The van der Waals surface area contributed by atoms with E-state index in [1.807, 2.05) is 0 Å². The summed E-state index contributed by atoms with van der Waals surface area (Å²) in [5.74, 6) is 0.332. The van der Waals surface area contributed by atoms with E-state index in [-0.39, 0.29) is 18.1 Å². The lowest BCUT2D eigenvalue weighted by Gasteiger charge is -2.35. The van der Waals surface area contributed by atoms with Crippen molar-refractivity contribution >= 4 is 11.4 Å². The molecule has 29 heavy (non-hydrogen) atoms. The number of nitro benzene ring substituents is 1. The van der Waals surface area contributed by atoms with Crippen LogP contribution in [0.4, 0.5) is 24.5 Å². The van der Waals surface area contributed by atoms with Crippen molar-refractivity contribution in [2.75, 3.05) is 44.2 Å². The van der Waals surface area contributed by atoms with Crippen LogP contribution in [0.15, 0.2) is 22.8 Å². The highest BCUT2D eigenvalue weighted by Gasteiger charge is 2.34. The largest absolute Gasteiger partial charge is 1.00 e. The number of piperazine rings is 1. The van der Waals surface area contributed by atoms with Crippen molar-refractivity contribution in [2.45, 2.75) is 13.1 Å². The third-order valence-electron chi connectivity index (χ3n) is 4.47. The van der Waals surface area contributed by atoms with Crippen molar-refractivity contribution in [3.63, 3.8) is 0 Å². The second-order valence-corrected chi connectivity index (χ2v) is 6.29. The number of anilines is 1. The summed E-state index contributed by atoms with van der Waals surface area (Å²) in [5.41, 5.74) is -0.824. The van der Waals surface area contributed by atoms with Gasteiger partial charge in [-0.1, -0.05) is 5.16 Å². The highest BCUT2D eigenvalue weighted by molar-refractivity contribution is 5.65. The minimum absolute atomic E-state index is 0. The second-order valence-electron chi connectivity index (χ2n) is 6.29. The standard InChI is InChI=1S/C16H18F3N5O4.ClH/c1-11-15(21-28-20-11)27-9-8-22-4-6-23(7-5-22)13-3-2-12(16(17,18)19)10-14(13)24(25)26;/h2-3,10H,4-9H2,1H3;1H/p-1. The molecule has 13 heteroatoms. The topological polar surface area (TPSA) is 97.8 Å². The fraction of sp³-hybridized carbons (Fsp3) is 0.500. The average Bonchev–Trinajstić information content (AvgIpc) is 3.06. The summed E-state index contributed by atoms with van der Waals surface area (Å²) in [4.78, 5) is 14.3. The van der Waals surface area contributed by atoms with Crippen LogP contribution in [-0.2, 0) is 6.18 Å². The minimum Gasteiger partial charge on any atom is -1.00 e. The van der Waals surface area contributed by atoms with Gasteiger partial charge in [-0.25, -0.2) is 4.63 Å². The fourth-order valence-electron chi connectivity index (χ4n) is 2.95. The van der Waals surface area contributed by atoms with E-state index in [4.69, 9.17) is 4.74 Å². The van der Waals surface area contributed by atoms with Crippen molar-refractivity contribution in [3.05, 3.63) is 39.6 Å². The van der Waals surface area contributed by atoms with E-state index in [1.165, 1.54) is 6.07 Å². The van der Waals surface area contributed by atoms with Crippen LogP contribution in [0.3, 0.4) is 0 Å². The summed E-state index contributed by atoms with van der Waals surface area (Å²) in [7, 11) is 0. The molecular formula is C16H18ClF3N5O4-. The number of hydrogen-bond donors (Lipinski definition) is 0. The molecular weight excluding hydrogens is 419 g/mol. The predicted octanol–water partition coefficient (Wildman–Crippen LogP) is -0.490. The Morgan fingerprint density at radius 1 is 1.24 bits per heavy atom. The zero-order valence-electron chi connectivity index (χ0n) is 15.4. The second kappa shape index (κ2) is 9.27. The summed E-state index contributed by atoms with van der Waals surface area (Å²) < 4.78 is 48.5. The number of nitro groups is 1. The Hall–Kier alpha value is -2.60.